The SMILES string of the molecule is CCCCC(=O)N(Cc1ccc(-c2ccc(OCC(=O)OCC)cc2)cc1)c1cccc(I)c1. The predicted octanol–water partition coefficient (Wildman–Crippen LogP) is 6.62. The van der Waals surface area contributed by atoms with Crippen molar-refractivity contribution in [2.24, 2.45) is 0 Å². The predicted molar refractivity (Wildman–Crippen MR) is 144 cm³/mol. The van der Waals surface area contributed by atoms with E-state index in [4.69, 9.17) is 9.47 Å². The molecule has 6 heteroatoms. The second-order valence-electron chi connectivity index (χ2n) is 7.88. The minimum atomic E-state index is -0.380. The van der Waals surface area contributed by atoms with E-state index in [2.05, 4.69) is 53.8 Å². The Bertz CT molecular complexity index is 1080. The van der Waals surface area contributed by atoms with Crippen LogP contribution in [0.5, 0.6) is 5.75 Å². The first kappa shape index (κ1) is 25.7. The third kappa shape index (κ3) is 7.58. The maximum Gasteiger partial charge on any atom is 0.344 e. The summed E-state index contributed by atoms with van der Waals surface area (Å²) in [7, 11) is 0. The van der Waals surface area contributed by atoms with Gasteiger partial charge in [-0.25, -0.2) is 4.79 Å². The zero-order chi connectivity index (χ0) is 24.3. The van der Waals surface area contributed by atoms with E-state index in [-0.39, 0.29) is 18.5 Å². The quantitative estimate of drug-likeness (QED) is 0.192. The van der Waals surface area contributed by atoms with Crippen LogP contribution in [0.15, 0.2) is 72.8 Å². The van der Waals surface area contributed by atoms with Gasteiger partial charge in [0.15, 0.2) is 6.61 Å². The molecular formula is C28H30INO4. The van der Waals surface area contributed by atoms with E-state index in [1.165, 1.54) is 0 Å². The fourth-order valence-corrected chi connectivity index (χ4v) is 4.03. The molecule has 34 heavy (non-hydrogen) atoms. The maximum absolute atomic E-state index is 13.0. The van der Waals surface area contributed by atoms with Crippen molar-refractivity contribution in [3.63, 3.8) is 0 Å². The third-order valence-electron chi connectivity index (χ3n) is 5.31. The number of nitrogens with zero attached hydrogens (tertiary/aromatic N) is 1. The number of benzene rings is 3. The van der Waals surface area contributed by atoms with Crippen LogP contribution in [0, 0.1) is 3.57 Å². The molecule has 0 aliphatic rings. The van der Waals surface area contributed by atoms with Crippen molar-refractivity contribution in [3.05, 3.63) is 81.9 Å². The largest absolute Gasteiger partial charge is 0.482 e. The molecule has 0 fully saturated rings. The minimum Gasteiger partial charge on any atom is -0.482 e. The molecule has 3 aromatic carbocycles. The summed E-state index contributed by atoms with van der Waals surface area (Å²) in [5.41, 5.74) is 4.11. The normalized spacial score (nSPS) is 10.6. The van der Waals surface area contributed by atoms with Gasteiger partial charge >= 0.3 is 5.97 Å². The molecule has 0 aliphatic carbocycles. The molecule has 1 amide bonds. The monoisotopic (exact) mass is 571 g/mol. The number of anilines is 1. The number of hydrogen-bond donors (Lipinski definition) is 0. The molecule has 0 bridgehead atoms. The van der Waals surface area contributed by atoms with E-state index in [0.717, 1.165) is 38.8 Å². The first-order valence-electron chi connectivity index (χ1n) is 11.5. The van der Waals surface area contributed by atoms with Crippen LogP contribution in [-0.2, 0) is 20.9 Å². The zero-order valence-corrected chi connectivity index (χ0v) is 21.8. The van der Waals surface area contributed by atoms with Crippen LogP contribution in [0.2, 0.25) is 0 Å². The number of unbranched alkanes of at least 4 members (excludes halogenated alkanes) is 1. The first-order valence-corrected chi connectivity index (χ1v) is 12.6. The molecular weight excluding hydrogens is 541 g/mol. The lowest BCUT2D eigenvalue weighted by Crippen LogP contribution is -2.30. The van der Waals surface area contributed by atoms with Gasteiger partial charge in [-0.15, -0.1) is 0 Å². The summed E-state index contributed by atoms with van der Waals surface area (Å²) in [5, 5.41) is 0. The summed E-state index contributed by atoms with van der Waals surface area (Å²) in [4.78, 5) is 26.3. The lowest BCUT2D eigenvalue weighted by molar-refractivity contribution is -0.145. The summed E-state index contributed by atoms with van der Waals surface area (Å²) in [6.45, 7) is 4.63. The number of ether oxygens (including phenoxy) is 2. The Morgan fingerprint density at radius 1 is 0.912 bits per heavy atom. The summed E-state index contributed by atoms with van der Waals surface area (Å²) in [6, 6.07) is 23.9. The molecule has 0 N–H and O–H groups in total. The van der Waals surface area contributed by atoms with Crippen LogP contribution in [0.1, 0.15) is 38.7 Å². The number of esters is 1. The number of amides is 1. The molecule has 0 unspecified atom stereocenters. The molecule has 3 aromatic rings. The van der Waals surface area contributed by atoms with Crippen LogP contribution >= 0.6 is 22.6 Å². The van der Waals surface area contributed by atoms with E-state index in [1.54, 1.807) is 6.92 Å². The molecule has 0 aromatic heterocycles. The van der Waals surface area contributed by atoms with Gasteiger partial charge in [-0.2, -0.15) is 0 Å². The van der Waals surface area contributed by atoms with Crippen LogP contribution < -0.4 is 9.64 Å². The Hall–Kier alpha value is -2.87. The van der Waals surface area contributed by atoms with Crippen LogP contribution in [0.3, 0.4) is 0 Å². The smallest absolute Gasteiger partial charge is 0.344 e. The van der Waals surface area contributed by atoms with E-state index in [9.17, 15) is 9.59 Å². The maximum atomic E-state index is 13.0. The number of rotatable bonds is 11. The van der Waals surface area contributed by atoms with Crippen molar-refractivity contribution in [2.75, 3.05) is 18.1 Å². The fraction of sp³-hybridized carbons (Fsp3) is 0.286. The van der Waals surface area contributed by atoms with E-state index < -0.39 is 0 Å². The molecule has 5 nitrogen and oxygen atoms in total. The van der Waals surface area contributed by atoms with Crippen LogP contribution in [0.25, 0.3) is 11.1 Å². The average molecular weight is 571 g/mol. The van der Waals surface area contributed by atoms with Gasteiger partial charge in [-0.1, -0.05) is 55.8 Å². The average Bonchev–Trinajstić information content (AvgIpc) is 2.85. The fourth-order valence-electron chi connectivity index (χ4n) is 3.50. The Balaban J connectivity index is 1.69. The van der Waals surface area contributed by atoms with Crippen molar-refractivity contribution in [1.82, 2.24) is 0 Å². The van der Waals surface area contributed by atoms with E-state index in [0.29, 0.717) is 25.3 Å². The highest BCUT2D eigenvalue weighted by atomic mass is 127. The van der Waals surface area contributed by atoms with Crippen molar-refractivity contribution in [1.29, 1.82) is 0 Å². The van der Waals surface area contributed by atoms with Gasteiger partial charge in [-0.05, 0) is 83.0 Å². The molecule has 0 saturated carbocycles. The van der Waals surface area contributed by atoms with Crippen molar-refractivity contribution in [3.8, 4) is 16.9 Å². The van der Waals surface area contributed by atoms with Gasteiger partial charge in [-0.3, -0.25) is 4.79 Å². The standard InChI is InChI=1S/C28H30INO4/c1-3-5-9-27(31)30(25-8-6-7-24(29)18-25)19-21-10-12-22(13-11-21)23-14-16-26(17-15-23)34-20-28(32)33-4-2/h6-8,10-18H,3-5,9,19-20H2,1-2H3. The van der Waals surface area contributed by atoms with Gasteiger partial charge < -0.3 is 14.4 Å². The van der Waals surface area contributed by atoms with E-state index in [1.807, 2.05) is 53.4 Å². The van der Waals surface area contributed by atoms with Crippen molar-refractivity contribution in [2.45, 2.75) is 39.7 Å². The van der Waals surface area contributed by atoms with Crippen molar-refractivity contribution >= 4 is 40.2 Å². The summed E-state index contributed by atoms with van der Waals surface area (Å²) < 4.78 is 11.4. The molecule has 0 aliphatic heterocycles. The van der Waals surface area contributed by atoms with Crippen LogP contribution in [0.4, 0.5) is 5.69 Å². The van der Waals surface area contributed by atoms with Gasteiger partial charge in [0.1, 0.15) is 5.75 Å². The topological polar surface area (TPSA) is 55.8 Å². The third-order valence-corrected chi connectivity index (χ3v) is 5.98. The summed E-state index contributed by atoms with van der Waals surface area (Å²) in [6.07, 6.45) is 2.43. The second-order valence-corrected chi connectivity index (χ2v) is 9.12. The molecule has 0 saturated heterocycles. The number of halogens is 1. The summed E-state index contributed by atoms with van der Waals surface area (Å²) >= 11 is 2.28. The van der Waals surface area contributed by atoms with Gasteiger partial charge in [0.2, 0.25) is 5.91 Å². The highest BCUT2D eigenvalue weighted by Crippen LogP contribution is 2.25. The molecule has 0 spiro atoms. The Labute approximate surface area is 215 Å². The highest BCUT2D eigenvalue weighted by molar-refractivity contribution is 14.1. The number of carbonyl (C=O) groups is 2. The Morgan fingerprint density at radius 3 is 2.21 bits per heavy atom. The highest BCUT2D eigenvalue weighted by Gasteiger charge is 2.16. The Kier molecular flexibility index (Phi) is 9.94. The summed E-state index contributed by atoms with van der Waals surface area (Å²) in [5.74, 6) is 0.382. The van der Waals surface area contributed by atoms with Crippen LogP contribution in [-0.4, -0.2) is 25.1 Å². The minimum absolute atomic E-state index is 0.101. The van der Waals surface area contributed by atoms with Gasteiger partial charge in [0.25, 0.3) is 0 Å². The molecule has 178 valence electrons. The van der Waals surface area contributed by atoms with E-state index >= 15 is 0 Å². The lowest BCUT2D eigenvalue weighted by atomic mass is 10.0. The van der Waals surface area contributed by atoms with Gasteiger partial charge in [0, 0.05) is 15.7 Å². The molecule has 0 radical (unpaired) electrons. The molecule has 3 rings (SSSR count). The molecule has 0 heterocycles. The van der Waals surface area contributed by atoms with Gasteiger partial charge in [0.05, 0.1) is 13.2 Å². The zero-order valence-electron chi connectivity index (χ0n) is 19.6. The number of hydrogen-bond acceptors (Lipinski definition) is 4. The van der Waals surface area contributed by atoms with Crippen molar-refractivity contribution < 1.29 is 19.1 Å². The number of carbonyl (C=O) groups excluding carboxylic acids is 2. The molecule has 0 atom stereocenters. The lowest BCUT2D eigenvalue weighted by Gasteiger charge is -2.23. The first-order chi connectivity index (χ1) is 16.5. The second kappa shape index (κ2) is 13.1. The Morgan fingerprint density at radius 2 is 1.59 bits per heavy atom.